The molecule has 1 aliphatic heterocycles. The minimum Gasteiger partial charge on any atom is -0.299 e. The third-order valence-electron chi connectivity index (χ3n) is 4.67. The molecular formula is C18H24N2O. The summed E-state index contributed by atoms with van der Waals surface area (Å²) in [4.78, 5) is 21.2. The van der Waals surface area contributed by atoms with Gasteiger partial charge >= 0.3 is 0 Å². The number of rotatable bonds is 7. The van der Waals surface area contributed by atoms with Crippen LogP contribution in [0.1, 0.15) is 68.7 Å². The molecule has 1 aromatic rings. The van der Waals surface area contributed by atoms with E-state index in [0.29, 0.717) is 24.5 Å². The molecule has 21 heavy (non-hydrogen) atoms. The van der Waals surface area contributed by atoms with Crippen molar-refractivity contribution < 1.29 is 4.79 Å². The molecule has 3 rings (SSSR count). The van der Waals surface area contributed by atoms with E-state index in [0.717, 1.165) is 31.5 Å². The predicted molar refractivity (Wildman–Crippen MR) is 84.7 cm³/mol. The highest BCUT2D eigenvalue weighted by Crippen LogP contribution is 2.34. The first kappa shape index (κ1) is 14.4. The first-order valence-corrected chi connectivity index (χ1v) is 8.32. The number of hydrogen-bond acceptors (Lipinski definition) is 3. The Morgan fingerprint density at radius 2 is 2.19 bits per heavy atom. The fourth-order valence-corrected chi connectivity index (χ4v) is 3.15. The molecule has 0 unspecified atom stereocenters. The highest BCUT2D eigenvalue weighted by atomic mass is 16.1. The van der Waals surface area contributed by atoms with Gasteiger partial charge in [-0.2, -0.15) is 0 Å². The molecule has 112 valence electrons. The molecule has 0 atom stereocenters. The Hall–Kier alpha value is -1.51. The standard InChI is InChI=1S/C18H24N2O/c1-2-3-4-8-16(21)10-15-9-14-11-20-18(13-6-5-7-13)17(14)12-19-15/h9,12-13H,2-8,10-11H2,1H3. The van der Waals surface area contributed by atoms with Crippen molar-refractivity contribution in [2.24, 2.45) is 10.9 Å². The van der Waals surface area contributed by atoms with Gasteiger partial charge in [0.25, 0.3) is 0 Å². The molecule has 0 spiro atoms. The number of unbranched alkanes of at least 4 members (excludes halogenated alkanes) is 2. The lowest BCUT2D eigenvalue weighted by Crippen LogP contribution is -2.22. The molecule has 1 fully saturated rings. The van der Waals surface area contributed by atoms with Crippen molar-refractivity contribution in [3.63, 3.8) is 0 Å². The zero-order chi connectivity index (χ0) is 14.7. The number of fused-ring (bicyclic) bond motifs is 1. The minimum atomic E-state index is 0.314. The van der Waals surface area contributed by atoms with Crippen LogP contribution in [0.5, 0.6) is 0 Å². The third-order valence-corrected chi connectivity index (χ3v) is 4.67. The second-order valence-corrected chi connectivity index (χ2v) is 6.33. The number of pyridine rings is 1. The van der Waals surface area contributed by atoms with Crippen LogP contribution in [-0.4, -0.2) is 16.5 Å². The van der Waals surface area contributed by atoms with Crippen molar-refractivity contribution in [3.05, 3.63) is 29.1 Å². The summed E-state index contributed by atoms with van der Waals surface area (Å²) in [6, 6.07) is 2.10. The van der Waals surface area contributed by atoms with Crippen LogP contribution in [0.2, 0.25) is 0 Å². The fourth-order valence-electron chi connectivity index (χ4n) is 3.15. The average Bonchev–Trinajstić information content (AvgIpc) is 2.80. The van der Waals surface area contributed by atoms with Crippen LogP contribution in [0.3, 0.4) is 0 Å². The van der Waals surface area contributed by atoms with Crippen LogP contribution in [-0.2, 0) is 17.8 Å². The quantitative estimate of drug-likeness (QED) is 0.713. The second-order valence-electron chi connectivity index (χ2n) is 6.33. The smallest absolute Gasteiger partial charge is 0.138 e. The average molecular weight is 284 g/mol. The SMILES string of the molecule is CCCCCC(=O)Cc1cc2c(cn1)C(C1CCC1)=NC2. The van der Waals surface area contributed by atoms with Crippen LogP contribution in [0.15, 0.2) is 17.3 Å². The lowest BCUT2D eigenvalue weighted by atomic mass is 9.79. The summed E-state index contributed by atoms with van der Waals surface area (Å²) in [5.74, 6) is 0.976. The van der Waals surface area contributed by atoms with E-state index in [2.05, 4.69) is 18.0 Å². The Morgan fingerprint density at radius 1 is 1.33 bits per heavy atom. The fraction of sp³-hybridized carbons (Fsp3) is 0.611. The van der Waals surface area contributed by atoms with Crippen LogP contribution in [0.25, 0.3) is 0 Å². The third kappa shape index (κ3) is 3.22. The summed E-state index contributed by atoms with van der Waals surface area (Å²) in [5.41, 5.74) is 4.69. The van der Waals surface area contributed by atoms with Crippen LogP contribution < -0.4 is 0 Å². The summed E-state index contributed by atoms with van der Waals surface area (Å²) in [5, 5.41) is 0. The Labute approximate surface area is 126 Å². The minimum absolute atomic E-state index is 0.314. The van der Waals surface area contributed by atoms with E-state index in [-0.39, 0.29) is 0 Å². The van der Waals surface area contributed by atoms with Gasteiger partial charge in [-0.15, -0.1) is 0 Å². The topological polar surface area (TPSA) is 42.3 Å². The molecule has 0 radical (unpaired) electrons. The lowest BCUT2D eigenvalue weighted by molar-refractivity contribution is -0.118. The second kappa shape index (κ2) is 6.50. The number of ketones is 1. The number of Topliss-reactive ketones (excluding diaryl/α,β-unsaturated/α-hetero) is 1. The number of aliphatic imine (C=N–C) groups is 1. The van der Waals surface area contributed by atoms with E-state index < -0.39 is 0 Å². The van der Waals surface area contributed by atoms with E-state index in [4.69, 9.17) is 4.99 Å². The lowest BCUT2D eigenvalue weighted by Gasteiger charge is -2.25. The van der Waals surface area contributed by atoms with Gasteiger partial charge in [-0.1, -0.05) is 26.2 Å². The molecule has 1 saturated carbocycles. The van der Waals surface area contributed by atoms with Gasteiger partial charge in [-0.25, -0.2) is 0 Å². The normalized spacial score (nSPS) is 17.3. The van der Waals surface area contributed by atoms with E-state index in [1.54, 1.807) is 0 Å². The van der Waals surface area contributed by atoms with Crippen molar-refractivity contribution in [2.75, 3.05) is 0 Å². The van der Waals surface area contributed by atoms with Crippen molar-refractivity contribution >= 4 is 11.5 Å². The van der Waals surface area contributed by atoms with Gasteiger partial charge < -0.3 is 0 Å². The van der Waals surface area contributed by atoms with Gasteiger partial charge in [-0.3, -0.25) is 14.8 Å². The molecule has 0 aromatic carbocycles. The Kier molecular flexibility index (Phi) is 4.47. The maximum absolute atomic E-state index is 11.9. The van der Waals surface area contributed by atoms with Crippen LogP contribution >= 0.6 is 0 Å². The van der Waals surface area contributed by atoms with Crippen molar-refractivity contribution in [3.8, 4) is 0 Å². The molecule has 0 bridgehead atoms. The van der Waals surface area contributed by atoms with Gasteiger partial charge in [0.2, 0.25) is 0 Å². The molecule has 0 saturated heterocycles. The molecule has 0 amide bonds. The van der Waals surface area contributed by atoms with Gasteiger partial charge in [0.05, 0.1) is 6.54 Å². The Morgan fingerprint density at radius 3 is 2.90 bits per heavy atom. The Balaban J connectivity index is 1.61. The molecule has 2 heterocycles. The monoisotopic (exact) mass is 284 g/mol. The van der Waals surface area contributed by atoms with Crippen molar-refractivity contribution in [2.45, 2.75) is 64.8 Å². The predicted octanol–water partition coefficient (Wildman–Crippen LogP) is 3.88. The van der Waals surface area contributed by atoms with E-state index >= 15 is 0 Å². The summed E-state index contributed by atoms with van der Waals surface area (Å²) < 4.78 is 0. The van der Waals surface area contributed by atoms with E-state index in [9.17, 15) is 4.79 Å². The summed E-state index contributed by atoms with van der Waals surface area (Å²) >= 11 is 0. The summed E-state index contributed by atoms with van der Waals surface area (Å²) in [6.45, 7) is 2.94. The van der Waals surface area contributed by atoms with Gasteiger partial charge in [0.1, 0.15) is 5.78 Å². The highest BCUT2D eigenvalue weighted by Gasteiger charge is 2.28. The molecule has 2 aliphatic rings. The van der Waals surface area contributed by atoms with E-state index in [1.807, 2.05) is 6.20 Å². The molecule has 3 nitrogen and oxygen atoms in total. The number of carbonyl (C=O) groups is 1. The first-order valence-electron chi connectivity index (χ1n) is 8.32. The first-order chi connectivity index (χ1) is 10.3. The van der Waals surface area contributed by atoms with Crippen molar-refractivity contribution in [1.29, 1.82) is 0 Å². The maximum atomic E-state index is 11.9. The van der Waals surface area contributed by atoms with Gasteiger partial charge in [0.15, 0.2) is 0 Å². The van der Waals surface area contributed by atoms with Gasteiger partial charge in [-0.05, 0) is 30.9 Å². The van der Waals surface area contributed by atoms with Crippen LogP contribution in [0.4, 0.5) is 0 Å². The molecule has 0 N–H and O–H groups in total. The van der Waals surface area contributed by atoms with Gasteiger partial charge in [0, 0.05) is 41.9 Å². The zero-order valence-corrected chi connectivity index (χ0v) is 12.9. The largest absolute Gasteiger partial charge is 0.299 e. The number of carbonyl (C=O) groups excluding carboxylic acids is 1. The summed E-state index contributed by atoms with van der Waals surface area (Å²) in [6.07, 6.45) is 10.3. The molecule has 1 aromatic heterocycles. The van der Waals surface area contributed by atoms with Crippen LogP contribution in [0, 0.1) is 5.92 Å². The molecule has 1 aliphatic carbocycles. The number of hydrogen-bond donors (Lipinski definition) is 0. The summed E-state index contributed by atoms with van der Waals surface area (Å²) in [7, 11) is 0. The molecular weight excluding hydrogens is 260 g/mol. The Bertz CT molecular complexity index is 558. The van der Waals surface area contributed by atoms with E-state index in [1.165, 1.54) is 36.1 Å². The maximum Gasteiger partial charge on any atom is 0.138 e. The molecule has 3 heteroatoms. The van der Waals surface area contributed by atoms with Crippen molar-refractivity contribution in [1.82, 2.24) is 4.98 Å². The zero-order valence-electron chi connectivity index (χ0n) is 12.9. The highest BCUT2D eigenvalue weighted by molar-refractivity contribution is 6.05. The number of aromatic nitrogens is 1. The number of nitrogens with zero attached hydrogens (tertiary/aromatic N) is 2.